The number of ether oxygens (including phenoxy) is 1. The number of hydrogen-bond acceptors (Lipinski definition) is 3. The van der Waals surface area contributed by atoms with Crippen molar-refractivity contribution in [1.82, 2.24) is 4.90 Å². The summed E-state index contributed by atoms with van der Waals surface area (Å²) in [5.74, 6) is 0.0658. The molecule has 0 unspecified atom stereocenters. The van der Waals surface area contributed by atoms with Gasteiger partial charge in [-0.1, -0.05) is 61.4 Å². The normalized spacial score (nSPS) is 21.8. The maximum Gasteiger partial charge on any atom is 0.409 e. The molecule has 0 aromatic heterocycles. The Morgan fingerprint density at radius 3 is 2.23 bits per heavy atom. The van der Waals surface area contributed by atoms with E-state index in [1.54, 1.807) is 11.9 Å². The largest absolute Gasteiger partial charge is 0.448 e. The molecule has 2 aliphatic rings. The predicted octanol–water partition coefficient (Wildman–Crippen LogP) is 4.17. The number of fused-ring (bicyclic) bond motifs is 3. The maximum atomic E-state index is 12.6. The van der Waals surface area contributed by atoms with Crippen LogP contribution in [0.15, 0.2) is 48.5 Å². The van der Waals surface area contributed by atoms with E-state index in [0.717, 1.165) is 25.7 Å². The standard InChI is InChI=1S/C22H25NO3/c1-23(20-12-6-7-13-21(20)24)22(25)26-14-19-17-10-4-2-8-15(17)16-9-3-5-11-18(16)19/h2-5,8-11,19-21,24H,6-7,12-14H2,1H3/t20-,21-/m1/s1. The van der Waals surface area contributed by atoms with Crippen molar-refractivity contribution in [2.24, 2.45) is 0 Å². The smallest absolute Gasteiger partial charge is 0.409 e. The molecule has 4 rings (SSSR count). The van der Waals surface area contributed by atoms with Crippen molar-refractivity contribution in [3.8, 4) is 11.1 Å². The van der Waals surface area contributed by atoms with Gasteiger partial charge in [-0.05, 0) is 35.1 Å². The molecule has 26 heavy (non-hydrogen) atoms. The molecule has 136 valence electrons. The molecule has 2 aliphatic carbocycles. The minimum Gasteiger partial charge on any atom is -0.448 e. The van der Waals surface area contributed by atoms with Crippen LogP contribution in [0, 0.1) is 0 Å². The van der Waals surface area contributed by atoms with Crippen LogP contribution in [0.1, 0.15) is 42.7 Å². The van der Waals surface area contributed by atoms with Gasteiger partial charge in [0.15, 0.2) is 0 Å². The van der Waals surface area contributed by atoms with Gasteiger partial charge in [-0.2, -0.15) is 0 Å². The number of carbonyl (C=O) groups excluding carboxylic acids is 1. The molecular formula is C22H25NO3. The highest BCUT2D eigenvalue weighted by atomic mass is 16.6. The molecule has 0 radical (unpaired) electrons. The van der Waals surface area contributed by atoms with Crippen molar-refractivity contribution in [3.05, 3.63) is 59.7 Å². The Morgan fingerprint density at radius 1 is 1.04 bits per heavy atom. The molecule has 0 bridgehead atoms. The highest BCUT2D eigenvalue weighted by Gasteiger charge is 2.32. The molecule has 0 heterocycles. The lowest BCUT2D eigenvalue weighted by atomic mass is 9.92. The molecule has 1 saturated carbocycles. The molecule has 4 nitrogen and oxygen atoms in total. The van der Waals surface area contributed by atoms with Gasteiger partial charge in [-0.25, -0.2) is 4.79 Å². The summed E-state index contributed by atoms with van der Waals surface area (Å²) in [5.41, 5.74) is 4.86. The van der Waals surface area contributed by atoms with Crippen LogP contribution in [0.5, 0.6) is 0 Å². The average Bonchev–Trinajstić information content (AvgIpc) is 3.00. The first kappa shape index (κ1) is 17.1. The minimum absolute atomic E-state index is 0.0658. The Labute approximate surface area is 154 Å². The molecule has 0 aliphatic heterocycles. The van der Waals surface area contributed by atoms with E-state index >= 15 is 0 Å². The summed E-state index contributed by atoms with van der Waals surface area (Å²) < 4.78 is 5.68. The first-order valence-corrected chi connectivity index (χ1v) is 9.42. The molecule has 1 N–H and O–H groups in total. The van der Waals surface area contributed by atoms with E-state index in [4.69, 9.17) is 4.74 Å². The molecule has 2 aromatic carbocycles. The van der Waals surface area contributed by atoms with Crippen LogP contribution in [-0.4, -0.2) is 41.9 Å². The zero-order valence-electron chi connectivity index (χ0n) is 15.1. The van der Waals surface area contributed by atoms with Crippen molar-refractivity contribution in [3.63, 3.8) is 0 Å². The lowest BCUT2D eigenvalue weighted by Crippen LogP contribution is -2.46. The van der Waals surface area contributed by atoms with Gasteiger partial charge >= 0.3 is 6.09 Å². The van der Waals surface area contributed by atoms with E-state index in [9.17, 15) is 9.90 Å². The SMILES string of the molecule is CN(C(=O)OCC1c2ccccc2-c2ccccc21)[C@@H]1CCCC[C@H]1O. The van der Waals surface area contributed by atoms with Crippen LogP contribution >= 0.6 is 0 Å². The number of carbonyl (C=O) groups is 1. The van der Waals surface area contributed by atoms with Gasteiger partial charge in [-0.3, -0.25) is 0 Å². The minimum atomic E-state index is -0.450. The van der Waals surface area contributed by atoms with Crippen molar-refractivity contribution in [2.75, 3.05) is 13.7 Å². The summed E-state index contributed by atoms with van der Waals surface area (Å²) in [6.45, 7) is 0.319. The van der Waals surface area contributed by atoms with Crippen molar-refractivity contribution >= 4 is 6.09 Å². The molecule has 0 saturated heterocycles. The maximum absolute atomic E-state index is 12.6. The highest BCUT2D eigenvalue weighted by molar-refractivity contribution is 5.79. The number of hydrogen-bond donors (Lipinski definition) is 1. The third kappa shape index (κ3) is 2.99. The molecule has 2 atom stereocenters. The molecular weight excluding hydrogens is 326 g/mol. The number of rotatable bonds is 3. The monoisotopic (exact) mass is 351 g/mol. The number of nitrogens with zero attached hydrogens (tertiary/aromatic N) is 1. The lowest BCUT2D eigenvalue weighted by Gasteiger charge is -2.34. The number of likely N-dealkylation sites (N-methyl/N-ethyl adjacent to an activating group) is 1. The molecule has 0 spiro atoms. The lowest BCUT2D eigenvalue weighted by molar-refractivity contribution is 0.0227. The van der Waals surface area contributed by atoms with Crippen LogP contribution in [-0.2, 0) is 4.74 Å². The van der Waals surface area contributed by atoms with Gasteiger partial charge in [0.2, 0.25) is 0 Å². The highest BCUT2D eigenvalue weighted by Crippen LogP contribution is 2.44. The second kappa shape index (κ2) is 7.12. The summed E-state index contributed by atoms with van der Waals surface area (Å²) in [7, 11) is 1.73. The number of aliphatic hydroxyl groups is 1. The summed E-state index contributed by atoms with van der Waals surface area (Å²) in [5, 5.41) is 10.2. The van der Waals surface area contributed by atoms with Crippen molar-refractivity contribution < 1.29 is 14.6 Å². The van der Waals surface area contributed by atoms with Crippen molar-refractivity contribution in [1.29, 1.82) is 0 Å². The fourth-order valence-corrected chi connectivity index (χ4v) is 4.37. The van der Waals surface area contributed by atoms with Gasteiger partial charge in [0.05, 0.1) is 12.1 Å². The van der Waals surface area contributed by atoms with Crippen LogP contribution in [0.3, 0.4) is 0 Å². The van der Waals surface area contributed by atoms with Gasteiger partial charge in [0.1, 0.15) is 6.61 Å². The van der Waals surface area contributed by atoms with E-state index in [-0.39, 0.29) is 18.1 Å². The fraction of sp³-hybridized carbons (Fsp3) is 0.409. The Hall–Kier alpha value is -2.33. The topological polar surface area (TPSA) is 49.8 Å². The molecule has 1 amide bonds. The van der Waals surface area contributed by atoms with Crippen LogP contribution in [0.2, 0.25) is 0 Å². The molecule has 4 heteroatoms. The van der Waals surface area contributed by atoms with Crippen LogP contribution < -0.4 is 0 Å². The van der Waals surface area contributed by atoms with E-state index in [0.29, 0.717) is 6.61 Å². The first-order chi connectivity index (χ1) is 12.7. The summed E-state index contributed by atoms with van der Waals surface area (Å²) in [6, 6.07) is 16.5. The Bertz CT molecular complexity index is 758. The van der Waals surface area contributed by atoms with E-state index < -0.39 is 6.10 Å². The zero-order chi connectivity index (χ0) is 18.1. The Kier molecular flexibility index (Phi) is 4.68. The number of benzene rings is 2. The van der Waals surface area contributed by atoms with Gasteiger partial charge < -0.3 is 14.7 Å². The average molecular weight is 351 g/mol. The summed E-state index contributed by atoms with van der Waals surface area (Å²) in [6.07, 6.45) is 2.86. The van der Waals surface area contributed by atoms with E-state index in [1.807, 2.05) is 24.3 Å². The Morgan fingerprint density at radius 2 is 1.62 bits per heavy atom. The van der Waals surface area contributed by atoms with Crippen LogP contribution in [0.4, 0.5) is 4.79 Å². The molecule has 2 aromatic rings. The number of amides is 1. The second-order valence-electron chi connectivity index (χ2n) is 7.33. The fourth-order valence-electron chi connectivity index (χ4n) is 4.37. The number of aliphatic hydroxyl groups excluding tert-OH is 1. The molecule has 1 fully saturated rings. The summed E-state index contributed by atoms with van der Waals surface area (Å²) in [4.78, 5) is 14.1. The van der Waals surface area contributed by atoms with Crippen LogP contribution in [0.25, 0.3) is 11.1 Å². The third-order valence-electron chi connectivity index (χ3n) is 5.82. The Balaban J connectivity index is 1.48. The predicted molar refractivity (Wildman–Crippen MR) is 101 cm³/mol. The third-order valence-corrected chi connectivity index (χ3v) is 5.82. The van der Waals surface area contributed by atoms with E-state index in [2.05, 4.69) is 24.3 Å². The first-order valence-electron chi connectivity index (χ1n) is 9.42. The zero-order valence-corrected chi connectivity index (χ0v) is 15.1. The van der Waals surface area contributed by atoms with Gasteiger partial charge in [0.25, 0.3) is 0 Å². The van der Waals surface area contributed by atoms with Crippen molar-refractivity contribution in [2.45, 2.75) is 43.7 Å². The second-order valence-corrected chi connectivity index (χ2v) is 7.33. The van der Waals surface area contributed by atoms with Gasteiger partial charge in [-0.15, -0.1) is 0 Å². The van der Waals surface area contributed by atoms with E-state index in [1.165, 1.54) is 22.3 Å². The summed E-state index contributed by atoms with van der Waals surface area (Å²) >= 11 is 0. The quantitative estimate of drug-likeness (QED) is 0.903. The van der Waals surface area contributed by atoms with Gasteiger partial charge in [0, 0.05) is 13.0 Å².